The number of benzene rings is 2. The summed E-state index contributed by atoms with van der Waals surface area (Å²) in [6.07, 6.45) is 5.03. The van der Waals surface area contributed by atoms with Gasteiger partial charge in [0.25, 0.3) is 5.91 Å². The van der Waals surface area contributed by atoms with Crippen LogP contribution in [0.25, 0.3) is 0 Å². The van der Waals surface area contributed by atoms with Gasteiger partial charge in [0.05, 0.1) is 37.3 Å². The molecule has 1 unspecified atom stereocenters. The van der Waals surface area contributed by atoms with Crippen molar-refractivity contribution >= 4 is 35.3 Å². The molecule has 2 heterocycles. The van der Waals surface area contributed by atoms with Crippen molar-refractivity contribution in [2.24, 2.45) is 4.99 Å². The predicted molar refractivity (Wildman–Crippen MR) is 120 cm³/mol. The lowest BCUT2D eigenvalue weighted by Gasteiger charge is -2.31. The first kappa shape index (κ1) is 20.8. The first-order chi connectivity index (χ1) is 14.6. The Balaban J connectivity index is 1.61. The van der Waals surface area contributed by atoms with Gasteiger partial charge in [-0.1, -0.05) is 42.8 Å². The molecule has 0 bridgehead atoms. The molecule has 1 fully saturated rings. The quantitative estimate of drug-likeness (QED) is 0.592. The molecule has 156 valence electrons. The van der Waals surface area contributed by atoms with Crippen LogP contribution >= 0.6 is 11.6 Å². The fourth-order valence-electron chi connectivity index (χ4n) is 4.43. The molecule has 1 saturated heterocycles. The summed E-state index contributed by atoms with van der Waals surface area (Å²) >= 11 is 6.12. The highest BCUT2D eigenvalue weighted by molar-refractivity contribution is 6.32. The second kappa shape index (κ2) is 9.11. The van der Waals surface area contributed by atoms with E-state index in [0.717, 1.165) is 31.5 Å². The van der Waals surface area contributed by atoms with Crippen molar-refractivity contribution in [1.82, 2.24) is 0 Å². The minimum atomic E-state index is -0.570. The Hall–Kier alpha value is -2.50. The number of aliphatic imine (C=N–C) groups is 1. The van der Waals surface area contributed by atoms with Crippen LogP contribution in [-0.2, 0) is 4.79 Å². The number of fused-ring (bicyclic) bond motifs is 1. The van der Waals surface area contributed by atoms with Gasteiger partial charge < -0.3 is 4.90 Å². The molecule has 0 aliphatic carbocycles. The molecule has 30 heavy (non-hydrogen) atoms. The highest BCUT2D eigenvalue weighted by atomic mass is 35.5. The van der Waals surface area contributed by atoms with Crippen LogP contribution in [-0.4, -0.2) is 43.7 Å². The largest absolute Gasteiger partial charge is 0.335 e. The topological polar surface area (TPSA) is 54.2 Å². The van der Waals surface area contributed by atoms with E-state index in [9.17, 15) is 9.59 Å². The first-order valence-electron chi connectivity index (χ1n) is 10.7. The first-order valence-corrected chi connectivity index (χ1v) is 11.1. The zero-order valence-electron chi connectivity index (χ0n) is 17.2. The minimum Gasteiger partial charge on any atom is -0.335 e. The summed E-state index contributed by atoms with van der Waals surface area (Å²) in [5.41, 5.74) is 1.75. The van der Waals surface area contributed by atoms with Gasteiger partial charge in [-0.15, -0.1) is 0 Å². The summed E-state index contributed by atoms with van der Waals surface area (Å²) in [6, 6.07) is 14.4. The summed E-state index contributed by atoms with van der Waals surface area (Å²) in [6.45, 7) is 5.67. The Labute approximate surface area is 182 Å². The maximum atomic E-state index is 13.4. The van der Waals surface area contributed by atoms with Crippen LogP contribution in [0, 0.1) is 0 Å². The lowest BCUT2D eigenvalue weighted by molar-refractivity contribution is -0.905. The zero-order valence-corrected chi connectivity index (χ0v) is 17.9. The Kier molecular flexibility index (Phi) is 6.30. The van der Waals surface area contributed by atoms with E-state index in [2.05, 4.69) is 6.92 Å². The SMILES string of the molecule is CCC[NH+]1CCC(N=CC2C(=O)N(c3cccc(Cl)c3)C(=O)c3ccccc32)CC1. The van der Waals surface area contributed by atoms with E-state index in [-0.39, 0.29) is 17.9 Å². The molecule has 2 aliphatic rings. The molecule has 2 aromatic rings. The van der Waals surface area contributed by atoms with Gasteiger partial charge in [-0.2, -0.15) is 0 Å². The summed E-state index contributed by atoms with van der Waals surface area (Å²) in [4.78, 5) is 34.2. The monoisotopic (exact) mass is 424 g/mol. The van der Waals surface area contributed by atoms with Crippen molar-refractivity contribution in [1.29, 1.82) is 0 Å². The number of rotatable bonds is 5. The van der Waals surface area contributed by atoms with E-state index in [4.69, 9.17) is 16.6 Å². The van der Waals surface area contributed by atoms with Crippen LogP contribution in [0.4, 0.5) is 5.69 Å². The number of carbonyl (C=O) groups excluding carboxylic acids is 2. The zero-order chi connectivity index (χ0) is 21.1. The molecule has 6 heteroatoms. The number of nitrogens with zero attached hydrogens (tertiary/aromatic N) is 2. The number of hydrogen-bond donors (Lipinski definition) is 1. The van der Waals surface area contributed by atoms with Crippen molar-refractivity contribution in [3.8, 4) is 0 Å². The summed E-state index contributed by atoms with van der Waals surface area (Å²) in [5, 5.41) is 0.485. The normalized spacial score (nSPS) is 24.3. The van der Waals surface area contributed by atoms with Crippen molar-refractivity contribution in [2.45, 2.75) is 38.1 Å². The number of carbonyl (C=O) groups is 2. The van der Waals surface area contributed by atoms with E-state index >= 15 is 0 Å². The van der Waals surface area contributed by atoms with E-state index in [0.29, 0.717) is 16.3 Å². The second-order valence-corrected chi connectivity index (χ2v) is 8.49. The number of quaternary nitrogens is 1. The van der Waals surface area contributed by atoms with Gasteiger partial charge >= 0.3 is 0 Å². The molecule has 0 spiro atoms. The Morgan fingerprint density at radius 2 is 1.90 bits per heavy atom. The van der Waals surface area contributed by atoms with Crippen LogP contribution in [0.5, 0.6) is 0 Å². The average Bonchev–Trinajstić information content (AvgIpc) is 2.75. The Bertz CT molecular complexity index is 966. The standard InChI is InChI=1S/C24H26ClN3O2/c1-2-12-27-13-10-18(11-14-27)26-16-22-20-8-3-4-9-21(20)23(29)28(24(22)30)19-7-5-6-17(25)15-19/h3-9,15-16,18,22H,2,10-14H2,1H3/p+1. The molecule has 1 N–H and O–H groups in total. The van der Waals surface area contributed by atoms with Gasteiger partial charge in [-0.05, 0) is 36.2 Å². The van der Waals surface area contributed by atoms with Gasteiger partial charge in [0, 0.05) is 29.6 Å². The van der Waals surface area contributed by atoms with E-state index in [1.54, 1.807) is 41.4 Å². The fourth-order valence-corrected chi connectivity index (χ4v) is 4.62. The minimum absolute atomic E-state index is 0.239. The Morgan fingerprint density at radius 1 is 1.13 bits per heavy atom. The highest BCUT2D eigenvalue weighted by Crippen LogP contribution is 2.33. The third-order valence-corrected chi connectivity index (χ3v) is 6.23. The van der Waals surface area contributed by atoms with Gasteiger partial charge in [0.1, 0.15) is 0 Å². The molecule has 0 radical (unpaired) electrons. The molecule has 5 nitrogen and oxygen atoms in total. The molecule has 0 aromatic heterocycles. The molecule has 2 amide bonds. The fraction of sp³-hybridized carbons (Fsp3) is 0.375. The number of anilines is 1. The molecular weight excluding hydrogens is 398 g/mol. The Morgan fingerprint density at radius 3 is 2.63 bits per heavy atom. The van der Waals surface area contributed by atoms with Crippen LogP contribution in [0.15, 0.2) is 53.5 Å². The number of halogens is 1. The van der Waals surface area contributed by atoms with Gasteiger partial charge in [0.2, 0.25) is 5.91 Å². The summed E-state index contributed by atoms with van der Waals surface area (Å²) < 4.78 is 0. The van der Waals surface area contributed by atoms with Crippen LogP contribution in [0.3, 0.4) is 0 Å². The summed E-state index contributed by atoms with van der Waals surface area (Å²) in [5.74, 6) is -1.17. The van der Waals surface area contributed by atoms with Crippen LogP contribution < -0.4 is 9.80 Å². The maximum Gasteiger partial charge on any atom is 0.265 e. The van der Waals surface area contributed by atoms with Crippen LogP contribution in [0.1, 0.15) is 48.0 Å². The van der Waals surface area contributed by atoms with Crippen LogP contribution in [0.2, 0.25) is 5.02 Å². The third kappa shape index (κ3) is 4.18. The number of hydrogen-bond acceptors (Lipinski definition) is 3. The molecule has 2 aliphatic heterocycles. The summed E-state index contributed by atoms with van der Waals surface area (Å²) in [7, 11) is 0. The molecule has 4 rings (SSSR count). The molecule has 1 atom stereocenters. The number of piperidine rings is 1. The van der Waals surface area contributed by atoms with Crippen molar-refractivity contribution < 1.29 is 14.5 Å². The number of nitrogens with one attached hydrogen (secondary N) is 1. The molecule has 2 aromatic carbocycles. The number of likely N-dealkylation sites (tertiary alicyclic amines) is 1. The highest BCUT2D eigenvalue weighted by Gasteiger charge is 2.39. The predicted octanol–water partition coefficient (Wildman–Crippen LogP) is 3.14. The van der Waals surface area contributed by atoms with Gasteiger partial charge in [-0.3, -0.25) is 14.6 Å². The molecule has 0 saturated carbocycles. The van der Waals surface area contributed by atoms with Crippen molar-refractivity contribution in [3.05, 3.63) is 64.7 Å². The third-order valence-electron chi connectivity index (χ3n) is 5.99. The lowest BCUT2D eigenvalue weighted by atomic mass is 9.88. The molecular formula is C24H27ClN3O2+. The maximum absolute atomic E-state index is 13.4. The average molecular weight is 425 g/mol. The van der Waals surface area contributed by atoms with E-state index in [1.165, 1.54) is 17.9 Å². The van der Waals surface area contributed by atoms with E-state index < -0.39 is 5.92 Å². The number of amides is 2. The van der Waals surface area contributed by atoms with E-state index in [1.807, 2.05) is 18.2 Å². The van der Waals surface area contributed by atoms with Gasteiger partial charge in [0.15, 0.2) is 0 Å². The lowest BCUT2D eigenvalue weighted by Crippen LogP contribution is -3.13. The van der Waals surface area contributed by atoms with Crippen molar-refractivity contribution in [3.63, 3.8) is 0 Å². The smallest absolute Gasteiger partial charge is 0.265 e. The second-order valence-electron chi connectivity index (χ2n) is 8.05. The number of imide groups is 1. The van der Waals surface area contributed by atoms with Gasteiger partial charge in [-0.25, -0.2) is 4.90 Å². The van der Waals surface area contributed by atoms with Crippen molar-refractivity contribution in [2.75, 3.05) is 24.5 Å².